The van der Waals surface area contributed by atoms with Gasteiger partial charge in [0.15, 0.2) is 0 Å². The Kier molecular flexibility index (Phi) is 10.5. The molecule has 0 aliphatic carbocycles. The van der Waals surface area contributed by atoms with Crippen molar-refractivity contribution in [3.05, 3.63) is 63.6 Å². The van der Waals surface area contributed by atoms with E-state index < -0.39 is 6.04 Å². The van der Waals surface area contributed by atoms with Gasteiger partial charge < -0.3 is 15.0 Å². The summed E-state index contributed by atoms with van der Waals surface area (Å²) >= 11 is 13.9. The number of methoxy groups -OCH3 is 1. The van der Waals surface area contributed by atoms with Crippen LogP contribution in [0.1, 0.15) is 31.4 Å². The monoisotopic (exact) mass is 482 g/mol. The molecule has 2 amide bonds. The number of amides is 2. The molecule has 2 aromatic rings. The predicted molar refractivity (Wildman–Crippen MR) is 129 cm³/mol. The van der Waals surface area contributed by atoms with Crippen molar-refractivity contribution in [1.82, 2.24) is 10.2 Å². The lowest BCUT2D eigenvalue weighted by atomic mass is 10.1. The van der Waals surface area contributed by atoms with Gasteiger partial charge in [0.1, 0.15) is 11.8 Å². The smallest absolute Gasteiger partial charge is 0.242 e. The maximum Gasteiger partial charge on any atom is 0.242 e. The topological polar surface area (TPSA) is 58.6 Å². The van der Waals surface area contributed by atoms with Crippen molar-refractivity contribution < 1.29 is 14.3 Å². The van der Waals surface area contributed by atoms with Crippen LogP contribution >= 0.6 is 35.0 Å². The number of likely N-dealkylation sites (N-methyl/N-ethyl adjacent to an activating group) is 1. The Balaban J connectivity index is 2.17. The van der Waals surface area contributed by atoms with Gasteiger partial charge in [0.25, 0.3) is 0 Å². The second-order valence-electron chi connectivity index (χ2n) is 6.88. The highest BCUT2D eigenvalue weighted by Gasteiger charge is 2.28. The molecule has 168 valence electrons. The fourth-order valence-electron chi connectivity index (χ4n) is 3.17. The van der Waals surface area contributed by atoms with Crippen molar-refractivity contribution in [2.75, 3.05) is 19.4 Å². The predicted octanol–water partition coefficient (Wildman–Crippen LogP) is 5.18. The molecule has 0 spiro atoms. The van der Waals surface area contributed by atoms with E-state index >= 15 is 0 Å². The first-order valence-electron chi connectivity index (χ1n) is 10.1. The summed E-state index contributed by atoms with van der Waals surface area (Å²) in [6, 6.07) is 12.3. The van der Waals surface area contributed by atoms with Gasteiger partial charge >= 0.3 is 0 Å². The Morgan fingerprint density at radius 1 is 1.13 bits per heavy atom. The van der Waals surface area contributed by atoms with Crippen LogP contribution < -0.4 is 10.1 Å². The molecule has 1 unspecified atom stereocenters. The molecular weight excluding hydrogens is 455 g/mol. The molecule has 0 bridgehead atoms. The SMILES string of the molecule is CCNC(=O)C(CC)N(Cc1cccc(OC)c1)C(=O)CSCc1c(Cl)cccc1Cl. The van der Waals surface area contributed by atoms with Gasteiger partial charge in [-0.05, 0) is 48.7 Å². The molecule has 8 heteroatoms. The number of rotatable bonds is 11. The van der Waals surface area contributed by atoms with Crippen molar-refractivity contribution in [2.24, 2.45) is 0 Å². The van der Waals surface area contributed by atoms with E-state index in [1.165, 1.54) is 11.8 Å². The Bertz CT molecular complexity index is 875. The molecule has 0 aliphatic rings. The fourth-order valence-corrected chi connectivity index (χ4v) is 4.82. The number of nitrogens with one attached hydrogen (secondary N) is 1. The summed E-state index contributed by atoms with van der Waals surface area (Å²) in [6.07, 6.45) is 0.516. The van der Waals surface area contributed by atoms with Crippen LogP contribution in [0, 0.1) is 0 Å². The molecule has 0 fully saturated rings. The first-order valence-corrected chi connectivity index (χ1v) is 12.0. The van der Waals surface area contributed by atoms with Gasteiger partial charge in [0.2, 0.25) is 11.8 Å². The minimum Gasteiger partial charge on any atom is -0.497 e. The van der Waals surface area contributed by atoms with Crippen molar-refractivity contribution in [3.8, 4) is 5.75 Å². The van der Waals surface area contributed by atoms with Crippen LogP contribution in [0.4, 0.5) is 0 Å². The van der Waals surface area contributed by atoms with Gasteiger partial charge in [-0.3, -0.25) is 9.59 Å². The molecule has 0 heterocycles. The normalized spacial score (nSPS) is 11.6. The first kappa shape index (κ1) is 25.4. The van der Waals surface area contributed by atoms with Crippen molar-refractivity contribution in [1.29, 1.82) is 0 Å². The number of hydrogen-bond donors (Lipinski definition) is 1. The zero-order valence-electron chi connectivity index (χ0n) is 18.0. The fraction of sp³-hybridized carbons (Fsp3) is 0.391. The second kappa shape index (κ2) is 12.8. The molecule has 0 aromatic heterocycles. The first-order chi connectivity index (χ1) is 14.9. The average Bonchev–Trinajstić information content (AvgIpc) is 2.76. The van der Waals surface area contributed by atoms with Gasteiger partial charge in [-0.25, -0.2) is 0 Å². The van der Waals surface area contributed by atoms with Crippen LogP contribution in [-0.2, 0) is 21.9 Å². The largest absolute Gasteiger partial charge is 0.497 e. The van der Waals surface area contributed by atoms with E-state index in [1.807, 2.05) is 38.1 Å². The Hall–Kier alpha value is -1.89. The molecule has 2 rings (SSSR count). The highest BCUT2D eigenvalue weighted by molar-refractivity contribution is 7.99. The zero-order valence-corrected chi connectivity index (χ0v) is 20.3. The quantitative estimate of drug-likeness (QED) is 0.479. The molecule has 31 heavy (non-hydrogen) atoms. The standard InChI is InChI=1S/C23H28Cl2N2O3S/c1-4-21(23(29)26-5-2)27(13-16-8-6-9-17(12-16)30-3)22(28)15-31-14-18-19(24)10-7-11-20(18)25/h6-12,21H,4-5,13-15H2,1-3H3,(H,26,29). The summed E-state index contributed by atoms with van der Waals surface area (Å²) in [5.41, 5.74) is 1.70. The van der Waals surface area contributed by atoms with E-state index in [1.54, 1.807) is 30.2 Å². The highest BCUT2D eigenvalue weighted by Crippen LogP contribution is 2.28. The third-order valence-corrected chi connectivity index (χ3v) is 6.41. The molecule has 0 saturated carbocycles. The molecule has 5 nitrogen and oxygen atoms in total. The van der Waals surface area contributed by atoms with Crippen LogP contribution in [0.3, 0.4) is 0 Å². The third-order valence-electron chi connectivity index (χ3n) is 4.76. The maximum atomic E-state index is 13.2. The van der Waals surface area contributed by atoms with Gasteiger partial charge in [-0.2, -0.15) is 0 Å². The van der Waals surface area contributed by atoms with Crippen LogP contribution in [0.25, 0.3) is 0 Å². The lowest BCUT2D eigenvalue weighted by molar-refractivity contribution is -0.139. The van der Waals surface area contributed by atoms with Gasteiger partial charge in [0.05, 0.1) is 12.9 Å². The summed E-state index contributed by atoms with van der Waals surface area (Å²) in [7, 11) is 1.60. The second-order valence-corrected chi connectivity index (χ2v) is 8.68. The molecule has 1 N–H and O–H groups in total. The maximum absolute atomic E-state index is 13.2. The summed E-state index contributed by atoms with van der Waals surface area (Å²) in [5.74, 6) is 1.16. The van der Waals surface area contributed by atoms with Gasteiger partial charge in [0, 0.05) is 28.9 Å². The number of halogens is 2. The van der Waals surface area contributed by atoms with E-state index in [2.05, 4.69) is 5.32 Å². The summed E-state index contributed by atoms with van der Waals surface area (Å²) in [6.45, 7) is 4.60. The van der Waals surface area contributed by atoms with Crippen LogP contribution in [0.15, 0.2) is 42.5 Å². The Labute approximate surface area is 198 Å². The number of carbonyl (C=O) groups excluding carboxylic acids is 2. The molecule has 0 radical (unpaired) electrons. The van der Waals surface area contributed by atoms with E-state index in [-0.39, 0.29) is 17.6 Å². The lowest BCUT2D eigenvalue weighted by Crippen LogP contribution is -2.49. The molecular formula is C23H28Cl2N2O3S. The Morgan fingerprint density at radius 3 is 2.42 bits per heavy atom. The average molecular weight is 483 g/mol. The van der Waals surface area contributed by atoms with Crippen LogP contribution in [0.2, 0.25) is 10.0 Å². The van der Waals surface area contributed by atoms with Crippen molar-refractivity contribution >= 4 is 46.8 Å². The van der Waals surface area contributed by atoms with Gasteiger partial charge in [-0.1, -0.05) is 48.3 Å². The van der Waals surface area contributed by atoms with Gasteiger partial charge in [-0.15, -0.1) is 11.8 Å². The molecule has 0 aliphatic heterocycles. The van der Waals surface area contributed by atoms with E-state index in [0.717, 1.165) is 11.1 Å². The summed E-state index contributed by atoms with van der Waals surface area (Å²) < 4.78 is 5.29. The molecule has 0 saturated heterocycles. The molecule has 1 atom stereocenters. The summed E-state index contributed by atoms with van der Waals surface area (Å²) in [4.78, 5) is 27.5. The summed E-state index contributed by atoms with van der Waals surface area (Å²) in [5, 5.41) is 3.99. The lowest BCUT2D eigenvalue weighted by Gasteiger charge is -2.30. The minimum absolute atomic E-state index is 0.117. The number of nitrogens with zero attached hydrogens (tertiary/aromatic N) is 1. The number of ether oxygens (including phenoxy) is 1. The highest BCUT2D eigenvalue weighted by atomic mass is 35.5. The number of carbonyl (C=O) groups is 2. The van der Waals surface area contributed by atoms with Crippen molar-refractivity contribution in [3.63, 3.8) is 0 Å². The minimum atomic E-state index is -0.553. The Morgan fingerprint density at radius 2 is 1.81 bits per heavy atom. The van der Waals surface area contributed by atoms with Crippen molar-refractivity contribution in [2.45, 2.75) is 38.6 Å². The number of hydrogen-bond acceptors (Lipinski definition) is 4. The van der Waals surface area contributed by atoms with Crippen LogP contribution in [-0.4, -0.2) is 42.2 Å². The zero-order chi connectivity index (χ0) is 22.8. The number of thioether (sulfide) groups is 1. The van der Waals surface area contributed by atoms with E-state index in [0.29, 0.717) is 41.1 Å². The third kappa shape index (κ3) is 7.34. The number of benzene rings is 2. The molecule has 2 aromatic carbocycles. The van der Waals surface area contributed by atoms with Crippen LogP contribution in [0.5, 0.6) is 5.75 Å². The van der Waals surface area contributed by atoms with E-state index in [4.69, 9.17) is 27.9 Å². The van der Waals surface area contributed by atoms with E-state index in [9.17, 15) is 9.59 Å².